The average molecular weight is 365 g/mol. The van der Waals surface area contributed by atoms with Crippen LogP contribution in [0, 0.1) is 0 Å². The van der Waals surface area contributed by atoms with Gasteiger partial charge in [-0.3, -0.25) is 0 Å². The summed E-state index contributed by atoms with van der Waals surface area (Å²) in [7, 11) is 0. The van der Waals surface area contributed by atoms with Gasteiger partial charge >= 0.3 is 0 Å². The highest BCUT2D eigenvalue weighted by Gasteiger charge is 2.30. The molecule has 0 fully saturated rings. The fourth-order valence-corrected chi connectivity index (χ4v) is 5.02. The van der Waals surface area contributed by atoms with Crippen LogP contribution in [0.3, 0.4) is 0 Å². The molecule has 0 radical (unpaired) electrons. The Balaban J connectivity index is 2.38. The van der Waals surface area contributed by atoms with E-state index in [1.165, 1.54) is 9.75 Å². The third-order valence-electron chi connectivity index (χ3n) is 2.22. The minimum absolute atomic E-state index is 0.670. The quantitative estimate of drug-likeness (QED) is 0.461. The SMILES string of the molecule is ON=C1c2cc(Br)sc2-c2sc(Br)cc21. The fraction of sp³-hybridized carbons (Fsp3) is 0. The number of nitrogens with zero attached hydrogens (tertiary/aromatic N) is 1. The van der Waals surface area contributed by atoms with Crippen LogP contribution in [0.4, 0.5) is 0 Å². The smallest absolute Gasteiger partial charge is 0.120 e. The second kappa shape index (κ2) is 3.41. The highest BCUT2D eigenvalue weighted by atomic mass is 79.9. The van der Waals surface area contributed by atoms with Gasteiger partial charge in [0.25, 0.3) is 0 Å². The normalized spacial score (nSPS) is 12.8. The molecule has 2 nitrogen and oxygen atoms in total. The Labute approximate surface area is 111 Å². The predicted molar refractivity (Wildman–Crippen MR) is 70.5 cm³/mol. The van der Waals surface area contributed by atoms with E-state index in [0.29, 0.717) is 5.71 Å². The summed E-state index contributed by atoms with van der Waals surface area (Å²) in [5.74, 6) is 0. The van der Waals surface area contributed by atoms with Crippen molar-refractivity contribution >= 4 is 60.2 Å². The lowest BCUT2D eigenvalue weighted by Crippen LogP contribution is -1.95. The van der Waals surface area contributed by atoms with E-state index in [4.69, 9.17) is 5.21 Å². The molecule has 0 unspecified atom stereocenters. The third-order valence-corrected chi connectivity index (χ3v) is 5.66. The summed E-state index contributed by atoms with van der Waals surface area (Å²) in [6.45, 7) is 0. The molecular formula is C9H3Br2NOS2. The Morgan fingerprint density at radius 3 is 1.87 bits per heavy atom. The van der Waals surface area contributed by atoms with Gasteiger partial charge in [0.2, 0.25) is 0 Å². The molecule has 1 aliphatic rings. The second-order valence-corrected chi connectivity index (χ2v) is 7.90. The van der Waals surface area contributed by atoms with Crippen LogP contribution in [0.25, 0.3) is 9.75 Å². The summed E-state index contributed by atoms with van der Waals surface area (Å²) in [4.78, 5) is 2.36. The zero-order chi connectivity index (χ0) is 10.6. The summed E-state index contributed by atoms with van der Waals surface area (Å²) in [6.07, 6.45) is 0. The summed E-state index contributed by atoms with van der Waals surface area (Å²) in [6, 6.07) is 3.99. The number of rotatable bonds is 0. The molecular weight excluding hydrogens is 362 g/mol. The Kier molecular flexibility index (Phi) is 2.28. The van der Waals surface area contributed by atoms with Gasteiger partial charge in [-0.15, -0.1) is 22.7 Å². The van der Waals surface area contributed by atoms with E-state index in [9.17, 15) is 0 Å². The molecule has 0 spiro atoms. The highest BCUT2D eigenvalue weighted by Crippen LogP contribution is 2.49. The van der Waals surface area contributed by atoms with Crippen LogP contribution < -0.4 is 0 Å². The van der Waals surface area contributed by atoms with Crippen LogP contribution in [0.15, 0.2) is 24.9 Å². The first-order valence-corrected chi connectivity index (χ1v) is 7.24. The minimum atomic E-state index is 0.670. The van der Waals surface area contributed by atoms with E-state index < -0.39 is 0 Å². The molecule has 0 bridgehead atoms. The number of halogens is 2. The minimum Gasteiger partial charge on any atom is -0.410 e. The Hall–Kier alpha value is -0.170. The van der Waals surface area contributed by atoms with Crippen molar-refractivity contribution in [1.29, 1.82) is 0 Å². The maximum Gasteiger partial charge on any atom is 0.120 e. The molecule has 0 aliphatic heterocycles. The van der Waals surface area contributed by atoms with Crippen molar-refractivity contribution in [3.05, 3.63) is 30.8 Å². The van der Waals surface area contributed by atoms with Gasteiger partial charge in [-0.1, -0.05) is 5.16 Å². The van der Waals surface area contributed by atoms with Crippen LogP contribution in [0.5, 0.6) is 0 Å². The van der Waals surface area contributed by atoms with Crippen molar-refractivity contribution in [3.8, 4) is 9.75 Å². The van der Waals surface area contributed by atoms with Gasteiger partial charge in [0.1, 0.15) is 5.71 Å². The van der Waals surface area contributed by atoms with E-state index >= 15 is 0 Å². The van der Waals surface area contributed by atoms with Crippen LogP contribution in [0.2, 0.25) is 0 Å². The molecule has 0 saturated heterocycles. The van der Waals surface area contributed by atoms with Crippen LogP contribution >= 0.6 is 54.5 Å². The number of thiophene rings is 2. The topological polar surface area (TPSA) is 32.6 Å². The molecule has 1 aliphatic carbocycles. The third kappa shape index (κ3) is 1.35. The van der Waals surface area contributed by atoms with Crippen LogP contribution in [-0.4, -0.2) is 10.9 Å². The van der Waals surface area contributed by atoms with Crippen molar-refractivity contribution in [2.75, 3.05) is 0 Å². The van der Waals surface area contributed by atoms with Crippen LogP contribution in [0.1, 0.15) is 11.1 Å². The van der Waals surface area contributed by atoms with Crippen molar-refractivity contribution in [3.63, 3.8) is 0 Å². The van der Waals surface area contributed by atoms with Gasteiger partial charge in [0.05, 0.1) is 17.3 Å². The molecule has 76 valence electrons. The molecule has 2 heterocycles. The highest BCUT2D eigenvalue weighted by molar-refractivity contribution is 9.11. The molecule has 0 atom stereocenters. The lowest BCUT2D eigenvalue weighted by molar-refractivity contribution is 0.320. The van der Waals surface area contributed by atoms with E-state index in [1.807, 2.05) is 12.1 Å². The van der Waals surface area contributed by atoms with Gasteiger partial charge in [0, 0.05) is 11.1 Å². The van der Waals surface area contributed by atoms with Gasteiger partial charge < -0.3 is 5.21 Å². The zero-order valence-corrected chi connectivity index (χ0v) is 11.9. The molecule has 2 aromatic rings. The van der Waals surface area contributed by atoms with Crippen molar-refractivity contribution in [1.82, 2.24) is 0 Å². The molecule has 0 amide bonds. The van der Waals surface area contributed by atoms with Crippen LogP contribution in [-0.2, 0) is 0 Å². The van der Waals surface area contributed by atoms with Gasteiger partial charge in [-0.05, 0) is 44.0 Å². The van der Waals surface area contributed by atoms with Crippen molar-refractivity contribution in [2.24, 2.45) is 5.16 Å². The number of hydrogen-bond donors (Lipinski definition) is 1. The monoisotopic (exact) mass is 363 g/mol. The standard InChI is InChI=1S/C9H3Br2NOS2/c10-5-1-3-7(12-13)4-2-6(11)15-9(4)8(3)14-5/h1-2,13H. The average Bonchev–Trinajstić information content (AvgIpc) is 2.76. The molecule has 1 N–H and O–H groups in total. The van der Waals surface area contributed by atoms with E-state index in [-0.39, 0.29) is 0 Å². The first-order chi connectivity index (χ1) is 7.20. The van der Waals surface area contributed by atoms with E-state index in [0.717, 1.165) is 18.7 Å². The summed E-state index contributed by atoms with van der Waals surface area (Å²) < 4.78 is 2.12. The molecule has 6 heteroatoms. The van der Waals surface area contributed by atoms with E-state index in [1.54, 1.807) is 22.7 Å². The Morgan fingerprint density at radius 1 is 1.00 bits per heavy atom. The number of oxime groups is 1. The molecule has 0 saturated carbocycles. The Bertz CT molecular complexity index is 537. The lowest BCUT2D eigenvalue weighted by Gasteiger charge is -1.91. The lowest BCUT2D eigenvalue weighted by atomic mass is 10.2. The number of hydrogen-bond acceptors (Lipinski definition) is 4. The zero-order valence-electron chi connectivity index (χ0n) is 7.12. The van der Waals surface area contributed by atoms with Crippen molar-refractivity contribution < 1.29 is 5.21 Å². The maximum atomic E-state index is 9.04. The summed E-state index contributed by atoms with van der Waals surface area (Å²) in [5.41, 5.74) is 2.70. The molecule has 3 rings (SSSR count). The largest absolute Gasteiger partial charge is 0.410 e. The number of fused-ring (bicyclic) bond motifs is 3. The summed E-state index contributed by atoms with van der Waals surface area (Å²) in [5, 5.41) is 12.4. The van der Waals surface area contributed by atoms with Gasteiger partial charge in [-0.25, -0.2) is 0 Å². The van der Waals surface area contributed by atoms with Gasteiger partial charge in [0.15, 0.2) is 0 Å². The fourth-order valence-electron chi connectivity index (χ4n) is 1.66. The first kappa shape index (κ1) is 10.0. The Morgan fingerprint density at radius 2 is 1.47 bits per heavy atom. The maximum absolute atomic E-state index is 9.04. The van der Waals surface area contributed by atoms with E-state index in [2.05, 4.69) is 37.0 Å². The van der Waals surface area contributed by atoms with Crippen molar-refractivity contribution in [2.45, 2.75) is 0 Å². The molecule has 15 heavy (non-hydrogen) atoms. The predicted octanol–water partition coefficient (Wildman–Crippen LogP) is 4.54. The molecule has 2 aromatic heterocycles. The second-order valence-electron chi connectivity index (χ2n) is 3.04. The molecule has 0 aromatic carbocycles. The first-order valence-electron chi connectivity index (χ1n) is 4.02. The summed E-state index contributed by atoms with van der Waals surface area (Å²) >= 11 is 10.2. The van der Waals surface area contributed by atoms with Gasteiger partial charge in [-0.2, -0.15) is 0 Å².